The van der Waals surface area contributed by atoms with Gasteiger partial charge in [-0.15, -0.1) is 0 Å². The molecule has 1 fully saturated rings. The van der Waals surface area contributed by atoms with Crippen LogP contribution in [0.5, 0.6) is 0 Å². The molecule has 1 aliphatic rings. The lowest BCUT2D eigenvalue weighted by Crippen LogP contribution is -2.18. The molecule has 1 heteroatoms. The molecule has 0 aliphatic heterocycles. The van der Waals surface area contributed by atoms with E-state index in [0.717, 1.165) is 11.8 Å². The Hall–Kier alpha value is -0.720. The second kappa shape index (κ2) is 4.42. The van der Waals surface area contributed by atoms with Crippen LogP contribution in [0.3, 0.4) is 0 Å². The molecular formula is C14H23N. The van der Waals surface area contributed by atoms with E-state index in [0.29, 0.717) is 0 Å². The molecule has 0 aromatic carbocycles. The van der Waals surface area contributed by atoms with Gasteiger partial charge in [-0.1, -0.05) is 19.8 Å². The first-order valence-corrected chi connectivity index (χ1v) is 6.29. The third-order valence-corrected chi connectivity index (χ3v) is 3.99. The van der Waals surface area contributed by atoms with E-state index < -0.39 is 0 Å². The second-order valence-electron chi connectivity index (χ2n) is 5.35. The van der Waals surface area contributed by atoms with Crippen LogP contribution in [0.25, 0.3) is 0 Å². The van der Waals surface area contributed by atoms with Crippen LogP contribution < -0.4 is 0 Å². The van der Waals surface area contributed by atoms with E-state index in [2.05, 4.69) is 37.5 Å². The Labute approximate surface area is 93.5 Å². The summed E-state index contributed by atoms with van der Waals surface area (Å²) in [5.74, 6) is 1.89. The molecule has 1 saturated carbocycles. The van der Waals surface area contributed by atoms with Crippen LogP contribution >= 0.6 is 0 Å². The molecule has 0 atom stereocenters. The summed E-state index contributed by atoms with van der Waals surface area (Å²) in [6, 6.07) is 4.47. The fourth-order valence-electron chi connectivity index (χ4n) is 2.76. The normalized spacial score (nSPS) is 26.9. The minimum absolute atomic E-state index is 0.922. The summed E-state index contributed by atoms with van der Waals surface area (Å²) in [6.07, 6.45) is 5.73. The number of hydrogen-bond acceptors (Lipinski definition) is 0. The summed E-state index contributed by atoms with van der Waals surface area (Å²) in [6.45, 7) is 8.08. The van der Waals surface area contributed by atoms with Crippen molar-refractivity contribution in [2.45, 2.75) is 53.0 Å². The summed E-state index contributed by atoms with van der Waals surface area (Å²) < 4.78 is 2.49. The molecule has 2 rings (SSSR count). The van der Waals surface area contributed by atoms with Crippen LogP contribution in [0.1, 0.15) is 44.0 Å². The zero-order valence-corrected chi connectivity index (χ0v) is 10.3. The van der Waals surface area contributed by atoms with Gasteiger partial charge in [0.05, 0.1) is 0 Å². The highest BCUT2D eigenvalue weighted by Gasteiger charge is 2.19. The van der Waals surface area contributed by atoms with E-state index in [1.165, 1.54) is 43.6 Å². The molecule has 0 unspecified atom stereocenters. The fraction of sp³-hybridized carbons (Fsp3) is 0.714. The van der Waals surface area contributed by atoms with E-state index in [4.69, 9.17) is 0 Å². The SMILES string of the molecule is Cc1ccc(C)n1CC1CCC(C)CC1. The van der Waals surface area contributed by atoms with Crippen molar-refractivity contribution in [3.8, 4) is 0 Å². The average molecular weight is 205 g/mol. The van der Waals surface area contributed by atoms with Crippen LogP contribution in [-0.2, 0) is 6.54 Å². The quantitative estimate of drug-likeness (QED) is 0.689. The maximum Gasteiger partial charge on any atom is 0.0252 e. The molecule has 1 heterocycles. The monoisotopic (exact) mass is 205 g/mol. The van der Waals surface area contributed by atoms with Crippen molar-refractivity contribution in [3.05, 3.63) is 23.5 Å². The Kier molecular flexibility index (Phi) is 3.18. The molecule has 1 aliphatic carbocycles. The van der Waals surface area contributed by atoms with Crippen molar-refractivity contribution in [2.24, 2.45) is 11.8 Å². The van der Waals surface area contributed by atoms with Gasteiger partial charge < -0.3 is 4.57 Å². The minimum atomic E-state index is 0.922. The van der Waals surface area contributed by atoms with Crippen LogP contribution in [0.4, 0.5) is 0 Å². The predicted molar refractivity (Wildman–Crippen MR) is 65.0 cm³/mol. The largest absolute Gasteiger partial charge is 0.349 e. The van der Waals surface area contributed by atoms with E-state index in [1.807, 2.05) is 0 Å². The average Bonchev–Trinajstić information content (AvgIpc) is 2.53. The molecule has 0 N–H and O–H groups in total. The Morgan fingerprint density at radius 3 is 2.13 bits per heavy atom. The number of nitrogens with zero attached hydrogens (tertiary/aromatic N) is 1. The number of hydrogen-bond donors (Lipinski definition) is 0. The van der Waals surface area contributed by atoms with Crippen LogP contribution in [0.15, 0.2) is 12.1 Å². The second-order valence-corrected chi connectivity index (χ2v) is 5.35. The summed E-state index contributed by atoms with van der Waals surface area (Å²) in [5.41, 5.74) is 2.84. The zero-order chi connectivity index (χ0) is 10.8. The van der Waals surface area contributed by atoms with Crippen LogP contribution in [0.2, 0.25) is 0 Å². The highest BCUT2D eigenvalue weighted by molar-refractivity contribution is 5.13. The molecule has 0 saturated heterocycles. The van der Waals surface area contributed by atoms with Gasteiger partial charge in [0.1, 0.15) is 0 Å². The highest BCUT2D eigenvalue weighted by Crippen LogP contribution is 2.29. The molecule has 0 spiro atoms. The molecule has 15 heavy (non-hydrogen) atoms. The van der Waals surface area contributed by atoms with Gasteiger partial charge >= 0.3 is 0 Å². The molecule has 1 aromatic heterocycles. The maximum atomic E-state index is 2.49. The minimum Gasteiger partial charge on any atom is -0.349 e. The Bertz CT molecular complexity index is 297. The van der Waals surface area contributed by atoms with Gasteiger partial charge in [0.2, 0.25) is 0 Å². The summed E-state index contributed by atoms with van der Waals surface area (Å²) >= 11 is 0. The first-order chi connectivity index (χ1) is 7.16. The first-order valence-electron chi connectivity index (χ1n) is 6.29. The topological polar surface area (TPSA) is 4.93 Å². The standard InChI is InChI=1S/C14H23N/c1-11-4-8-14(9-5-11)10-15-12(2)6-7-13(15)3/h6-7,11,14H,4-5,8-10H2,1-3H3. The zero-order valence-electron chi connectivity index (χ0n) is 10.3. The fourth-order valence-corrected chi connectivity index (χ4v) is 2.76. The Balaban J connectivity index is 1.97. The number of rotatable bonds is 2. The number of aromatic nitrogens is 1. The Morgan fingerprint density at radius 2 is 1.60 bits per heavy atom. The third kappa shape index (κ3) is 2.45. The maximum absolute atomic E-state index is 2.49. The third-order valence-electron chi connectivity index (χ3n) is 3.99. The molecular weight excluding hydrogens is 182 g/mol. The summed E-state index contributed by atoms with van der Waals surface area (Å²) in [7, 11) is 0. The molecule has 0 radical (unpaired) electrons. The van der Waals surface area contributed by atoms with E-state index >= 15 is 0 Å². The van der Waals surface area contributed by atoms with E-state index in [-0.39, 0.29) is 0 Å². The molecule has 1 nitrogen and oxygen atoms in total. The van der Waals surface area contributed by atoms with Crippen LogP contribution in [0, 0.1) is 25.7 Å². The predicted octanol–water partition coefficient (Wildman–Crippen LogP) is 3.93. The van der Waals surface area contributed by atoms with Gasteiger partial charge in [-0.2, -0.15) is 0 Å². The first kappa shape index (κ1) is 10.8. The number of aryl methyl sites for hydroxylation is 2. The lowest BCUT2D eigenvalue weighted by molar-refractivity contribution is 0.263. The van der Waals surface area contributed by atoms with Crippen molar-refractivity contribution in [1.82, 2.24) is 4.57 Å². The molecule has 0 bridgehead atoms. The Morgan fingerprint density at radius 1 is 1.07 bits per heavy atom. The van der Waals surface area contributed by atoms with Gasteiger partial charge in [-0.25, -0.2) is 0 Å². The van der Waals surface area contributed by atoms with Crippen molar-refractivity contribution < 1.29 is 0 Å². The summed E-state index contributed by atoms with van der Waals surface area (Å²) in [5, 5.41) is 0. The molecule has 84 valence electrons. The van der Waals surface area contributed by atoms with Crippen molar-refractivity contribution in [2.75, 3.05) is 0 Å². The van der Waals surface area contributed by atoms with Gasteiger partial charge in [0, 0.05) is 17.9 Å². The lowest BCUT2D eigenvalue weighted by Gasteiger charge is -2.27. The van der Waals surface area contributed by atoms with Crippen molar-refractivity contribution >= 4 is 0 Å². The van der Waals surface area contributed by atoms with Gasteiger partial charge in [0.25, 0.3) is 0 Å². The van der Waals surface area contributed by atoms with Crippen molar-refractivity contribution in [1.29, 1.82) is 0 Å². The van der Waals surface area contributed by atoms with Crippen molar-refractivity contribution in [3.63, 3.8) is 0 Å². The van der Waals surface area contributed by atoms with Crippen LogP contribution in [-0.4, -0.2) is 4.57 Å². The van der Waals surface area contributed by atoms with Gasteiger partial charge in [-0.05, 0) is 50.7 Å². The lowest BCUT2D eigenvalue weighted by atomic mass is 9.83. The summed E-state index contributed by atoms with van der Waals surface area (Å²) in [4.78, 5) is 0. The molecule has 0 amide bonds. The van der Waals surface area contributed by atoms with Gasteiger partial charge in [0.15, 0.2) is 0 Å². The highest BCUT2D eigenvalue weighted by atomic mass is 15.0. The van der Waals surface area contributed by atoms with E-state index in [9.17, 15) is 0 Å². The smallest absolute Gasteiger partial charge is 0.0252 e. The van der Waals surface area contributed by atoms with Gasteiger partial charge in [-0.3, -0.25) is 0 Å². The molecule has 1 aromatic rings. The van der Waals surface area contributed by atoms with E-state index in [1.54, 1.807) is 0 Å².